The average molecular weight is 214 g/mol. The largest absolute Gasteiger partial charge is 0.489 e. The Morgan fingerprint density at radius 1 is 1.19 bits per heavy atom. The number of ether oxygens (including phenoxy) is 1. The maximum absolute atomic E-state index is 5.56. The Labute approximate surface area is 96.3 Å². The van der Waals surface area contributed by atoms with Gasteiger partial charge < -0.3 is 4.74 Å². The van der Waals surface area contributed by atoms with Crippen LogP contribution in [0.5, 0.6) is 5.75 Å². The van der Waals surface area contributed by atoms with E-state index in [1.165, 1.54) is 24.0 Å². The molecule has 2 aliphatic heterocycles. The molecule has 2 heterocycles. The van der Waals surface area contributed by atoms with Crippen LogP contribution in [-0.4, -0.2) is 19.7 Å². The summed E-state index contributed by atoms with van der Waals surface area (Å²) in [6.07, 6.45) is 6.63. The highest BCUT2D eigenvalue weighted by molar-refractivity contribution is 5.60. The van der Waals surface area contributed by atoms with Crippen LogP contribution in [0.1, 0.15) is 29.9 Å². The summed E-state index contributed by atoms with van der Waals surface area (Å²) in [6, 6.07) is 6.61. The molecule has 0 aromatic heterocycles. The lowest BCUT2D eigenvalue weighted by Crippen LogP contribution is -2.21. The standard InChI is InChI=1S/C14H16NO/c1-2-13-10-12(3-4-14(13)16-9-1)11-5-7-15-8-6-11/h1-4,10-11H,5-9H2. The highest BCUT2D eigenvalue weighted by Crippen LogP contribution is 2.31. The fraction of sp³-hybridized carbons (Fsp3) is 0.429. The molecule has 3 rings (SSSR count). The van der Waals surface area contributed by atoms with Crippen molar-refractivity contribution in [3.8, 4) is 5.75 Å². The number of rotatable bonds is 1. The molecular formula is C14H16NO. The number of benzene rings is 1. The number of piperidine rings is 1. The highest BCUT2D eigenvalue weighted by atomic mass is 16.5. The van der Waals surface area contributed by atoms with E-state index in [1.54, 1.807) is 0 Å². The topological polar surface area (TPSA) is 23.3 Å². The first-order valence-electron chi connectivity index (χ1n) is 6.00. The van der Waals surface area contributed by atoms with E-state index < -0.39 is 0 Å². The summed E-state index contributed by atoms with van der Waals surface area (Å²) in [4.78, 5) is 0. The lowest BCUT2D eigenvalue weighted by Gasteiger charge is -2.23. The summed E-state index contributed by atoms with van der Waals surface area (Å²) in [7, 11) is 0. The number of hydrogen-bond acceptors (Lipinski definition) is 1. The van der Waals surface area contributed by atoms with Crippen LogP contribution in [0, 0.1) is 0 Å². The van der Waals surface area contributed by atoms with E-state index in [4.69, 9.17) is 4.74 Å². The van der Waals surface area contributed by atoms with Gasteiger partial charge >= 0.3 is 0 Å². The third-order valence-corrected chi connectivity index (χ3v) is 3.41. The van der Waals surface area contributed by atoms with Gasteiger partial charge in [0.1, 0.15) is 12.4 Å². The van der Waals surface area contributed by atoms with Gasteiger partial charge in [0.25, 0.3) is 0 Å². The van der Waals surface area contributed by atoms with Crippen molar-refractivity contribution in [2.75, 3.05) is 19.7 Å². The quantitative estimate of drug-likeness (QED) is 0.704. The van der Waals surface area contributed by atoms with E-state index in [1.807, 2.05) is 0 Å². The number of hydrogen-bond donors (Lipinski definition) is 0. The molecule has 1 radical (unpaired) electrons. The van der Waals surface area contributed by atoms with Crippen LogP contribution in [0.3, 0.4) is 0 Å². The van der Waals surface area contributed by atoms with Gasteiger partial charge in [0, 0.05) is 18.7 Å². The third-order valence-electron chi connectivity index (χ3n) is 3.41. The lowest BCUT2D eigenvalue weighted by atomic mass is 9.89. The van der Waals surface area contributed by atoms with Crippen molar-refractivity contribution in [3.63, 3.8) is 0 Å². The van der Waals surface area contributed by atoms with Crippen molar-refractivity contribution in [1.82, 2.24) is 5.32 Å². The van der Waals surface area contributed by atoms with Crippen molar-refractivity contribution in [3.05, 3.63) is 35.4 Å². The smallest absolute Gasteiger partial charge is 0.127 e. The Balaban J connectivity index is 1.88. The Bertz CT molecular complexity index is 405. The second-order valence-electron chi connectivity index (χ2n) is 4.46. The predicted octanol–water partition coefficient (Wildman–Crippen LogP) is 2.57. The zero-order valence-electron chi connectivity index (χ0n) is 9.36. The Hall–Kier alpha value is -1.28. The zero-order valence-corrected chi connectivity index (χ0v) is 9.36. The summed E-state index contributed by atoms with van der Waals surface area (Å²) in [5, 5.41) is 4.40. The molecule has 0 amide bonds. The molecule has 0 aliphatic carbocycles. The normalized spacial score (nSPS) is 20.2. The molecule has 0 saturated carbocycles. The SMILES string of the molecule is C1=Cc2cc(C3CC[N]CC3)ccc2OC1. The molecule has 0 atom stereocenters. The van der Waals surface area contributed by atoms with Crippen molar-refractivity contribution >= 4 is 6.08 Å². The van der Waals surface area contributed by atoms with E-state index in [-0.39, 0.29) is 0 Å². The summed E-state index contributed by atoms with van der Waals surface area (Å²) < 4.78 is 5.56. The molecule has 0 spiro atoms. The fourth-order valence-corrected chi connectivity index (χ4v) is 2.48. The van der Waals surface area contributed by atoms with Crippen LogP contribution in [-0.2, 0) is 0 Å². The molecule has 0 bridgehead atoms. The van der Waals surface area contributed by atoms with Crippen LogP contribution in [0.15, 0.2) is 24.3 Å². The van der Waals surface area contributed by atoms with E-state index in [2.05, 4.69) is 35.7 Å². The molecule has 1 aromatic carbocycles. The van der Waals surface area contributed by atoms with Gasteiger partial charge in [-0.15, -0.1) is 0 Å². The number of fused-ring (bicyclic) bond motifs is 1. The summed E-state index contributed by atoms with van der Waals surface area (Å²) in [5.74, 6) is 1.71. The molecule has 2 heteroatoms. The first-order valence-corrected chi connectivity index (χ1v) is 6.00. The van der Waals surface area contributed by atoms with E-state index in [9.17, 15) is 0 Å². The van der Waals surface area contributed by atoms with Gasteiger partial charge in [-0.05, 0) is 42.5 Å². The average Bonchev–Trinajstić information content (AvgIpc) is 2.39. The molecule has 0 N–H and O–H groups in total. The van der Waals surface area contributed by atoms with Gasteiger partial charge in [-0.1, -0.05) is 12.1 Å². The summed E-state index contributed by atoms with van der Waals surface area (Å²) >= 11 is 0. The van der Waals surface area contributed by atoms with Gasteiger partial charge in [0.15, 0.2) is 0 Å². The van der Waals surface area contributed by atoms with Gasteiger partial charge in [0.2, 0.25) is 0 Å². The maximum Gasteiger partial charge on any atom is 0.127 e. The molecule has 16 heavy (non-hydrogen) atoms. The third kappa shape index (κ3) is 1.85. The zero-order chi connectivity index (χ0) is 10.8. The fourth-order valence-electron chi connectivity index (χ4n) is 2.48. The van der Waals surface area contributed by atoms with E-state index in [0.29, 0.717) is 12.5 Å². The molecular weight excluding hydrogens is 198 g/mol. The monoisotopic (exact) mass is 214 g/mol. The highest BCUT2D eigenvalue weighted by Gasteiger charge is 2.17. The summed E-state index contributed by atoms with van der Waals surface area (Å²) in [5.41, 5.74) is 2.68. The maximum atomic E-state index is 5.56. The first kappa shape index (κ1) is 9.91. The van der Waals surface area contributed by atoms with Gasteiger partial charge in [-0.2, -0.15) is 0 Å². The van der Waals surface area contributed by atoms with Crippen LogP contribution < -0.4 is 10.1 Å². The van der Waals surface area contributed by atoms with Crippen LogP contribution in [0.2, 0.25) is 0 Å². The first-order chi connectivity index (χ1) is 7.93. The molecule has 1 fully saturated rings. The predicted molar refractivity (Wildman–Crippen MR) is 64.8 cm³/mol. The Kier molecular flexibility index (Phi) is 2.66. The van der Waals surface area contributed by atoms with Crippen molar-refractivity contribution < 1.29 is 4.74 Å². The van der Waals surface area contributed by atoms with E-state index in [0.717, 1.165) is 18.8 Å². The molecule has 1 saturated heterocycles. The lowest BCUT2D eigenvalue weighted by molar-refractivity contribution is 0.358. The minimum atomic E-state index is 0.693. The van der Waals surface area contributed by atoms with Gasteiger partial charge in [-0.25, -0.2) is 5.32 Å². The minimum absolute atomic E-state index is 0.693. The second-order valence-corrected chi connectivity index (χ2v) is 4.46. The molecule has 2 nitrogen and oxygen atoms in total. The van der Waals surface area contributed by atoms with Crippen LogP contribution >= 0.6 is 0 Å². The van der Waals surface area contributed by atoms with Gasteiger partial charge in [-0.3, -0.25) is 0 Å². The molecule has 2 aliphatic rings. The minimum Gasteiger partial charge on any atom is -0.489 e. The van der Waals surface area contributed by atoms with Crippen molar-refractivity contribution in [2.24, 2.45) is 0 Å². The second kappa shape index (κ2) is 4.30. The molecule has 1 aromatic rings. The number of nitrogens with zero attached hydrogens (tertiary/aromatic N) is 1. The molecule has 0 unspecified atom stereocenters. The Morgan fingerprint density at radius 2 is 2.06 bits per heavy atom. The molecule has 83 valence electrons. The van der Waals surface area contributed by atoms with Gasteiger partial charge in [0.05, 0.1) is 0 Å². The van der Waals surface area contributed by atoms with Crippen molar-refractivity contribution in [1.29, 1.82) is 0 Å². The van der Waals surface area contributed by atoms with E-state index >= 15 is 0 Å². The Morgan fingerprint density at radius 3 is 2.94 bits per heavy atom. The summed E-state index contributed by atoms with van der Waals surface area (Å²) in [6.45, 7) is 2.75. The van der Waals surface area contributed by atoms with Crippen LogP contribution in [0.25, 0.3) is 6.08 Å². The van der Waals surface area contributed by atoms with Crippen LogP contribution in [0.4, 0.5) is 0 Å². The van der Waals surface area contributed by atoms with Crippen molar-refractivity contribution in [2.45, 2.75) is 18.8 Å².